The number of carbonyl (C=O) groups is 1. The van der Waals surface area contributed by atoms with Crippen LogP contribution in [-0.2, 0) is 11.2 Å². The van der Waals surface area contributed by atoms with E-state index >= 15 is 0 Å². The van der Waals surface area contributed by atoms with E-state index in [0.717, 1.165) is 27.5 Å². The van der Waals surface area contributed by atoms with Crippen molar-refractivity contribution in [3.63, 3.8) is 0 Å². The molecule has 0 saturated carbocycles. The number of aromatic nitrogens is 2. The van der Waals surface area contributed by atoms with Crippen molar-refractivity contribution in [3.05, 3.63) is 39.3 Å². The lowest BCUT2D eigenvalue weighted by Gasteiger charge is -2.02. The fourth-order valence-corrected chi connectivity index (χ4v) is 2.60. The summed E-state index contributed by atoms with van der Waals surface area (Å²) in [6.45, 7) is 5.79. The molecule has 0 spiro atoms. The van der Waals surface area contributed by atoms with Crippen LogP contribution in [0.3, 0.4) is 0 Å². The predicted molar refractivity (Wildman–Crippen MR) is 81.1 cm³/mol. The molecule has 0 saturated heterocycles. The molecule has 1 amide bonds. The summed E-state index contributed by atoms with van der Waals surface area (Å²) in [5.41, 5.74) is 6.50. The zero-order valence-electron chi connectivity index (χ0n) is 11.9. The number of H-pyrrole nitrogens is 1. The van der Waals surface area contributed by atoms with Crippen molar-refractivity contribution in [2.45, 2.75) is 33.6 Å². The summed E-state index contributed by atoms with van der Waals surface area (Å²) < 4.78 is 0. The van der Waals surface area contributed by atoms with Crippen LogP contribution in [-0.4, -0.2) is 21.8 Å². The number of hydrogen-bond acceptors (Lipinski definition) is 4. The molecule has 5 nitrogen and oxygen atoms in total. The van der Waals surface area contributed by atoms with Crippen LogP contribution in [0.4, 0.5) is 0 Å². The molecule has 0 aromatic carbocycles. The van der Waals surface area contributed by atoms with Gasteiger partial charge in [0.15, 0.2) is 0 Å². The molecule has 2 rings (SSSR count). The summed E-state index contributed by atoms with van der Waals surface area (Å²) in [5, 5.41) is 13.1. The second kappa shape index (κ2) is 6.47. The van der Waals surface area contributed by atoms with Gasteiger partial charge in [-0.3, -0.25) is 9.89 Å². The van der Waals surface area contributed by atoms with Crippen molar-refractivity contribution < 1.29 is 4.79 Å². The molecule has 0 unspecified atom stereocenters. The maximum absolute atomic E-state index is 11.8. The first kappa shape index (κ1) is 14.5. The fourth-order valence-electron chi connectivity index (χ4n) is 1.92. The Kier molecular flexibility index (Phi) is 4.68. The number of thiophene rings is 1. The van der Waals surface area contributed by atoms with Crippen LogP contribution in [0.1, 0.15) is 35.2 Å². The van der Waals surface area contributed by atoms with Crippen molar-refractivity contribution in [1.29, 1.82) is 0 Å². The molecule has 0 atom stereocenters. The molecule has 0 aliphatic rings. The lowest BCUT2D eigenvalue weighted by atomic mass is 10.1. The Hall–Kier alpha value is -1.95. The third-order valence-electron chi connectivity index (χ3n) is 3.11. The summed E-state index contributed by atoms with van der Waals surface area (Å²) in [4.78, 5) is 12.9. The lowest BCUT2D eigenvalue weighted by molar-refractivity contribution is -0.121. The van der Waals surface area contributed by atoms with Crippen molar-refractivity contribution in [3.8, 4) is 0 Å². The molecule has 0 bridgehead atoms. The number of nitrogens with one attached hydrogen (secondary N) is 2. The van der Waals surface area contributed by atoms with E-state index in [1.54, 1.807) is 11.3 Å². The van der Waals surface area contributed by atoms with E-state index in [2.05, 4.69) is 20.7 Å². The quantitative estimate of drug-likeness (QED) is 0.656. The smallest absolute Gasteiger partial charge is 0.240 e. The second-order valence-electron chi connectivity index (χ2n) is 4.62. The monoisotopic (exact) mass is 290 g/mol. The van der Waals surface area contributed by atoms with Crippen molar-refractivity contribution in [2.24, 2.45) is 5.10 Å². The number of nitrogens with zero attached hydrogens (tertiary/aromatic N) is 2. The Morgan fingerprint density at radius 1 is 1.50 bits per heavy atom. The van der Waals surface area contributed by atoms with Crippen LogP contribution in [0.2, 0.25) is 0 Å². The first-order valence-corrected chi connectivity index (χ1v) is 7.33. The first-order valence-electron chi connectivity index (χ1n) is 6.45. The van der Waals surface area contributed by atoms with Gasteiger partial charge < -0.3 is 0 Å². The van der Waals surface area contributed by atoms with Crippen LogP contribution in [0.5, 0.6) is 0 Å². The average molecular weight is 290 g/mol. The van der Waals surface area contributed by atoms with Gasteiger partial charge in [-0.25, -0.2) is 5.43 Å². The number of carbonyl (C=O) groups excluding carboxylic acids is 1. The molecule has 2 heterocycles. The van der Waals surface area contributed by atoms with Gasteiger partial charge >= 0.3 is 0 Å². The van der Waals surface area contributed by atoms with E-state index in [-0.39, 0.29) is 5.91 Å². The van der Waals surface area contributed by atoms with Crippen LogP contribution >= 0.6 is 11.3 Å². The van der Waals surface area contributed by atoms with Crippen LogP contribution in [0.25, 0.3) is 0 Å². The molecule has 2 N–H and O–H groups in total. The highest BCUT2D eigenvalue weighted by Crippen LogP contribution is 2.12. The molecule has 0 fully saturated rings. The third kappa shape index (κ3) is 3.54. The average Bonchev–Trinajstić information content (AvgIpc) is 3.05. The number of aryl methyl sites for hydroxylation is 2. The molecule has 0 aliphatic carbocycles. The minimum Gasteiger partial charge on any atom is -0.282 e. The van der Waals surface area contributed by atoms with E-state index in [9.17, 15) is 4.79 Å². The van der Waals surface area contributed by atoms with Gasteiger partial charge in [0.2, 0.25) is 5.91 Å². The normalized spacial score (nSPS) is 11.7. The summed E-state index contributed by atoms with van der Waals surface area (Å²) in [6.07, 6.45) is 1.08. The largest absolute Gasteiger partial charge is 0.282 e. The van der Waals surface area contributed by atoms with Gasteiger partial charge in [-0.2, -0.15) is 10.2 Å². The van der Waals surface area contributed by atoms with Gasteiger partial charge in [-0.1, -0.05) is 6.07 Å². The van der Waals surface area contributed by atoms with Gasteiger partial charge in [-0.15, -0.1) is 11.3 Å². The van der Waals surface area contributed by atoms with E-state index in [1.807, 2.05) is 38.3 Å². The summed E-state index contributed by atoms with van der Waals surface area (Å²) in [6, 6.07) is 3.94. The third-order valence-corrected chi connectivity index (χ3v) is 4.09. The summed E-state index contributed by atoms with van der Waals surface area (Å²) >= 11 is 1.60. The highest BCUT2D eigenvalue weighted by molar-refractivity contribution is 7.12. The summed E-state index contributed by atoms with van der Waals surface area (Å²) in [7, 11) is 0. The molecule has 0 radical (unpaired) electrons. The Labute approximate surface area is 122 Å². The number of aromatic amines is 1. The second-order valence-corrected chi connectivity index (χ2v) is 5.57. The van der Waals surface area contributed by atoms with E-state index < -0.39 is 0 Å². The molecule has 2 aromatic rings. The van der Waals surface area contributed by atoms with Crippen LogP contribution in [0.15, 0.2) is 22.6 Å². The molecule has 0 aliphatic heterocycles. The molecule has 2 aromatic heterocycles. The molecule has 6 heteroatoms. The van der Waals surface area contributed by atoms with Crippen LogP contribution < -0.4 is 5.43 Å². The molecule has 106 valence electrons. The predicted octanol–water partition coefficient (Wildman–Crippen LogP) is 2.56. The van der Waals surface area contributed by atoms with Crippen LogP contribution in [0, 0.1) is 13.8 Å². The van der Waals surface area contributed by atoms with E-state index in [0.29, 0.717) is 12.8 Å². The van der Waals surface area contributed by atoms with Gasteiger partial charge in [-0.05, 0) is 44.2 Å². The van der Waals surface area contributed by atoms with Gasteiger partial charge in [0, 0.05) is 17.0 Å². The molecular weight excluding hydrogens is 272 g/mol. The van der Waals surface area contributed by atoms with Gasteiger partial charge in [0.1, 0.15) is 0 Å². The number of hydrazone groups is 1. The molecule has 20 heavy (non-hydrogen) atoms. The zero-order chi connectivity index (χ0) is 14.5. The van der Waals surface area contributed by atoms with Gasteiger partial charge in [0.05, 0.1) is 11.4 Å². The van der Waals surface area contributed by atoms with Crippen molar-refractivity contribution >= 4 is 23.0 Å². The number of hydrogen-bond donors (Lipinski definition) is 2. The maximum atomic E-state index is 11.8. The topological polar surface area (TPSA) is 70.1 Å². The lowest BCUT2D eigenvalue weighted by Crippen LogP contribution is -2.19. The zero-order valence-corrected chi connectivity index (χ0v) is 12.7. The Morgan fingerprint density at radius 2 is 2.30 bits per heavy atom. The Bertz CT molecular complexity index is 594. The fraction of sp³-hybridized carbons (Fsp3) is 0.357. The Morgan fingerprint density at radius 3 is 2.90 bits per heavy atom. The number of amides is 1. The maximum Gasteiger partial charge on any atom is 0.240 e. The Balaban J connectivity index is 1.86. The van der Waals surface area contributed by atoms with Gasteiger partial charge in [0.25, 0.3) is 0 Å². The number of rotatable bonds is 5. The first-order chi connectivity index (χ1) is 9.58. The van der Waals surface area contributed by atoms with Crippen molar-refractivity contribution in [2.75, 3.05) is 0 Å². The molecular formula is C14H18N4OS. The van der Waals surface area contributed by atoms with E-state index in [1.165, 1.54) is 0 Å². The van der Waals surface area contributed by atoms with Crippen molar-refractivity contribution in [1.82, 2.24) is 15.6 Å². The highest BCUT2D eigenvalue weighted by Gasteiger charge is 2.09. The standard InChI is InChI=1S/C14H18N4OS/c1-9-12(10(2)16-15-9)6-7-14(19)18-17-11(3)13-5-4-8-20-13/h4-5,8H,6-7H2,1-3H3,(H,15,16)(H,18,19)/b17-11-. The summed E-state index contributed by atoms with van der Waals surface area (Å²) in [5.74, 6) is -0.0825. The SMILES string of the molecule is C/C(=N/NC(=O)CCc1c(C)n[nH]c1C)c1cccs1. The minimum absolute atomic E-state index is 0.0825. The highest BCUT2D eigenvalue weighted by atomic mass is 32.1. The minimum atomic E-state index is -0.0825. The van der Waals surface area contributed by atoms with E-state index in [4.69, 9.17) is 0 Å².